The van der Waals surface area contributed by atoms with Gasteiger partial charge < -0.3 is 23.7 Å². The van der Waals surface area contributed by atoms with Crippen LogP contribution in [0.15, 0.2) is 91.0 Å². The van der Waals surface area contributed by atoms with Crippen LogP contribution < -0.4 is 23.7 Å². The van der Waals surface area contributed by atoms with Crippen LogP contribution in [0.3, 0.4) is 0 Å². The van der Waals surface area contributed by atoms with Crippen LogP contribution in [0.4, 0.5) is 0 Å². The summed E-state index contributed by atoms with van der Waals surface area (Å²) >= 11 is 0. The second-order valence-electron chi connectivity index (χ2n) is 8.35. The number of ketones is 1. The van der Waals surface area contributed by atoms with Crippen molar-refractivity contribution < 1.29 is 33.3 Å². The Labute approximate surface area is 227 Å². The highest BCUT2D eigenvalue weighted by atomic mass is 16.6. The zero-order valence-electron chi connectivity index (χ0n) is 22.1. The van der Waals surface area contributed by atoms with Crippen LogP contribution in [0.25, 0.3) is 17.2 Å². The minimum atomic E-state index is -0.634. The van der Waals surface area contributed by atoms with E-state index in [9.17, 15) is 9.59 Å². The van der Waals surface area contributed by atoms with E-state index in [-0.39, 0.29) is 17.1 Å². The van der Waals surface area contributed by atoms with Gasteiger partial charge in [-0.05, 0) is 47.0 Å². The number of benzene rings is 4. The van der Waals surface area contributed by atoms with Crippen molar-refractivity contribution >= 4 is 17.8 Å². The molecule has 0 spiro atoms. The summed E-state index contributed by atoms with van der Waals surface area (Å²) in [7, 11) is 5.88. The highest BCUT2D eigenvalue weighted by molar-refractivity contribution is 6.07. The molecule has 0 saturated carbocycles. The van der Waals surface area contributed by atoms with Crippen molar-refractivity contribution in [2.45, 2.75) is 0 Å². The topological polar surface area (TPSA) is 80.3 Å². The van der Waals surface area contributed by atoms with Gasteiger partial charge in [-0.1, -0.05) is 66.7 Å². The maximum atomic E-state index is 12.9. The summed E-state index contributed by atoms with van der Waals surface area (Å²) in [5.74, 6) is 0.809. The first-order valence-electron chi connectivity index (χ1n) is 12.1. The maximum Gasteiger partial charge on any atom is 0.343 e. The molecule has 198 valence electrons. The maximum absolute atomic E-state index is 12.9. The molecule has 39 heavy (non-hydrogen) atoms. The molecule has 4 aromatic rings. The highest BCUT2D eigenvalue weighted by Gasteiger charge is 2.19. The summed E-state index contributed by atoms with van der Waals surface area (Å²) in [6.07, 6.45) is 3.18. The van der Waals surface area contributed by atoms with E-state index in [1.807, 2.05) is 42.5 Å². The van der Waals surface area contributed by atoms with Crippen molar-refractivity contribution in [1.29, 1.82) is 0 Å². The summed E-state index contributed by atoms with van der Waals surface area (Å²) in [5, 5.41) is 0. The Kier molecular flexibility index (Phi) is 8.64. The Morgan fingerprint density at radius 2 is 1.21 bits per heavy atom. The van der Waals surface area contributed by atoms with Crippen LogP contribution >= 0.6 is 0 Å². The molecule has 0 heterocycles. The summed E-state index contributed by atoms with van der Waals surface area (Å²) in [6.45, 7) is 0. The largest absolute Gasteiger partial charge is 0.493 e. The van der Waals surface area contributed by atoms with E-state index < -0.39 is 5.97 Å². The Bertz CT molecular complexity index is 1460. The molecule has 7 nitrogen and oxygen atoms in total. The molecule has 0 aromatic heterocycles. The van der Waals surface area contributed by atoms with Gasteiger partial charge in [-0.3, -0.25) is 4.79 Å². The summed E-state index contributed by atoms with van der Waals surface area (Å²) in [5.41, 5.74) is 3.62. The quantitative estimate of drug-likeness (QED) is 0.101. The number of ether oxygens (including phenoxy) is 5. The summed E-state index contributed by atoms with van der Waals surface area (Å²) < 4.78 is 26.9. The first-order valence-corrected chi connectivity index (χ1v) is 12.1. The molecule has 4 aromatic carbocycles. The minimum absolute atomic E-state index is 0.133. The fourth-order valence-corrected chi connectivity index (χ4v) is 3.96. The zero-order valence-corrected chi connectivity index (χ0v) is 22.1. The predicted molar refractivity (Wildman–Crippen MR) is 149 cm³/mol. The lowest BCUT2D eigenvalue weighted by atomic mass is 10.0. The van der Waals surface area contributed by atoms with Crippen LogP contribution in [0.1, 0.15) is 26.3 Å². The van der Waals surface area contributed by atoms with Crippen LogP contribution in [-0.2, 0) is 0 Å². The molecule has 0 aliphatic heterocycles. The first-order chi connectivity index (χ1) is 19.0. The number of carbonyl (C=O) groups is 2. The fraction of sp³-hybridized carbons (Fsp3) is 0.125. The third kappa shape index (κ3) is 6.27. The smallest absolute Gasteiger partial charge is 0.343 e. The van der Waals surface area contributed by atoms with E-state index in [0.717, 1.165) is 11.1 Å². The number of methoxy groups -OCH3 is 4. The average Bonchev–Trinajstić information content (AvgIpc) is 2.99. The van der Waals surface area contributed by atoms with Crippen molar-refractivity contribution in [3.8, 4) is 39.9 Å². The molecule has 0 atom stereocenters. The van der Waals surface area contributed by atoms with Gasteiger partial charge in [-0.15, -0.1) is 0 Å². The van der Waals surface area contributed by atoms with Gasteiger partial charge >= 0.3 is 5.97 Å². The summed E-state index contributed by atoms with van der Waals surface area (Å²) in [4.78, 5) is 25.6. The van der Waals surface area contributed by atoms with Gasteiger partial charge in [0, 0.05) is 5.56 Å². The molecule has 0 N–H and O–H groups in total. The van der Waals surface area contributed by atoms with Crippen LogP contribution in [-0.4, -0.2) is 40.2 Å². The van der Waals surface area contributed by atoms with Gasteiger partial charge in [-0.25, -0.2) is 4.79 Å². The molecule has 0 unspecified atom stereocenters. The summed E-state index contributed by atoms with van der Waals surface area (Å²) in [6, 6.07) is 25.5. The van der Waals surface area contributed by atoms with E-state index in [0.29, 0.717) is 34.1 Å². The van der Waals surface area contributed by atoms with E-state index in [4.69, 9.17) is 23.7 Å². The zero-order chi connectivity index (χ0) is 27.8. The predicted octanol–water partition coefficient (Wildman–Crippen LogP) is 6.50. The number of rotatable bonds is 10. The Hall–Kier alpha value is -5.04. The molecule has 0 aliphatic rings. The number of hydrogen-bond donors (Lipinski definition) is 0. The molecule has 0 radical (unpaired) electrons. The van der Waals surface area contributed by atoms with Crippen molar-refractivity contribution in [1.82, 2.24) is 0 Å². The van der Waals surface area contributed by atoms with E-state index in [1.54, 1.807) is 36.4 Å². The van der Waals surface area contributed by atoms with Gasteiger partial charge in [-0.2, -0.15) is 0 Å². The van der Waals surface area contributed by atoms with E-state index in [1.165, 1.54) is 46.6 Å². The Morgan fingerprint density at radius 3 is 1.79 bits per heavy atom. The van der Waals surface area contributed by atoms with Gasteiger partial charge in [0.25, 0.3) is 0 Å². The lowest BCUT2D eigenvalue weighted by Gasteiger charge is -2.14. The molecule has 0 amide bonds. The Morgan fingerprint density at radius 1 is 0.590 bits per heavy atom. The molecule has 7 heteroatoms. The number of allylic oxidation sites excluding steroid dienone is 1. The van der Waals surface area contributed by atoms with Gasteiger partial charge in [0.1, 0.15) is 0 Å². The van der Waals surface area contributed by atoms with Gasteiger partial charge in [0.15, 0.2) is 28.8 Å². The first kappa shape index (κ1) is 27.0. The standard InChI is InChI=1S/C32H28O7/c1-35-28-18-21(10-16-26(33)24-14-12-23(13-15-24)22-8-6-5-7-9-22)11-17-27(28)39-32(34)25-19-29(36-2)31(38-4)30(20-25)37-3/h5-20H,1-4H3/b16-10+. The van der Waals surface area contributed by atoms with Gasteiger partial charge in [0.05, 0.1) is 34.0 Å². The monoisotopic (exact) mass is 524 g/mol. The second kappa shape index (κ2) is 12.5. The third-order valence-corrected chi connectivity index (χ3v) is 5.99. The van der Waals surface area contributed by atoms with Crippen LogP contribution in [0, 0.1) is 0 Å². The number of hydrogen-bond acceptors (Lipinski definition) is 7. The normalized spacial score (nSPS) is 10.7. The number of carbonyl (C=O) groups excluding carboxylic acids is 2. The average molecular weight is 525 g/mol. The fourth-order valence-electron chi connectivity index (χ4n) is 3.96. The van der Waals surface area contributed by atoms with Crippen molar-refractivity contribution in [2.24, 2.45) is 0 Å². The second-order valence-corrected chi connectivity index (χ2v) is 8.35. The van der Waals surface area contributed by atoms with Crippen LogP contribution in [0.5, 0.6) is 28.7 Å². The van der Waals surface area contributed by atoms with E-state index in [2.05, 4.69) is 0 Å². The Balaban J connectivity index is 1.48. The minimum Gasteiger partial charge on any atom is -0.493 e. The van der Waals surface area contributed by atoms with Crippen molar-refractivity contribution in [3.05, 3.63) is 108 Å². The lowest BCUT2D eigenvalue weighted by molar-refractivity contribution is 0.0728. The molecule has 0 saturated heterocycles. The van der Waals surface area contributed by atoms with Crippen LogP contribution in [0.2, 0.25) is 0 Å². The van der Waals surface area contributed by atoms with Crippen molar-refractivity contribution in [2.75, 3.05) is 28.4 Å². The number of esters is 1. The third-order valence-electron chi connectivity index (χ3n) is 5.99. The molecular formula is C32H28O7. The molecular weight excluding hydrogens is 496 g/mol. The lowest BCUT2D eigenvalue weighted by Crippen LogP contribution is -2.10. The SMILES string of the molecule is COc1cc(/C=C/C(=O)c2ccc(-c3ccccc3)cc2)ccc1OC(=O)c1cc(OC)c(OC)c(OC)c1. The highest BCUT2D eigenvalue weighted by Crippen LogP contribution is 2.39. The van der Waals surface area contributed by atoms with E-state index >= 15 is 0 Å². The van der Waals surface area contributed by atoms with Crippen molar-refractivity contribution in [3.63, 3.8) is 0 Å². The molecule has 0 fully saturated rings. The van der Waals surface area contributed by atoms with Gasteiger partial charge in [0.2, 0.25) is 5.75 Å². The molecule has 0 aliphatic carbocycles. The molecule has 0 bridgehead atoms. The molecule has 4 rings (SSSR count).